The summed E-state index contributed by atoms with van der Waals surface area (Å²) in [6.45, 7) is 5.29. The number of amides is 2. The Morgan fingerprint density at radius 1 is 0.844 bits per heavy atom. The molecule has 7 nitrogen and oxygen atoms in total. The Morgan fingerprint density at radius 2 is 1.47 bits per heavy atom. The molecule has 1 N–H and O–H groups in total. The van der Waals surface area contributed by atoms with Crippen LogP contribution in [0, 0.1) is 6.92 Å². The Bertz CT molecular complexity index is 1700. The minimum atomic E-state index is -4.29. The maximum atomic E-state index is 14.5. The van der Waals surface area contributed by atoms with E-state index in [4.69, 9.17) is 23.2 Å². The lowest BCUT2D eigenvalue weighted by atomic mass is 10.0. The molecule has 0 spiro atoms. The van der Waals surface area contributed by atoms with Crippen LogP contribution in [0.15, 0.2) is 108 Å². The van der Waals surface area contributed by atoms with E-state index in [0.717, 1.165) is 21.0 Å². The van der Waals surface area contributed by atoms with Gasteiger partial charge in [0, 0.05) is 24.0 Å². The van der Waals surface area contributed by atoms with E-state index in [1.807, 2.05) is 75.4 Å². The van der Waals surface area contributed by atoms with Crippen LogP contribution in [0.4, 0.5) is 5.69 Å². The molecule has 0 radical (unpaired) electrons. The molecule has 2 amide bonds. The number of carbonyl (C=O) groups excluding carboxylic acids is 2. The van der Waals surface area contributed by atoms with Gasteiger partial charge in [-0.3, -0.25) is 13.9 Å². The van der Waals surface area contributed by atoms with Crippen molar-refractivity contribution in [2.75, 3.05) is 10.8 Å². The Labute approximate surface area is 275 Å². The Balaban J connectivity index is 1.83. The van der Waals surface area contributed by atoms with E-state index in [9.17, 15) is 18.0 Å². The minimum absolute atomic E-state index is 0.0192. The van der Waals surface area contributed by atoms with Crippen molar-refractivity contribution >= 4 is 50.7 Å². The summed E-state index contributed by atoms with van der Waals surface area (Å²) in [5.74, 6) is -0.904. The highest BCUT2D eigenvalue weighted by Gasteiger charge is 2.35. The average Bonchev–Trinajstić information content (AvgIpc) is 3.04. The van der Waals surface area contributed by atoms with Gasteiger partial charge in [0.1, 0.15) is 12.6 Å². The van der Waals surface area contributed by atoms with Gasteiger partial charge in [-0.15, -0.1) is 0 Å². The molecular weight excluding hydrogens is 629 g/mol. The van der Waals surface area contributed by atoms with Gasteiger partial charge in [-0.1, -0.05) is 108 Å². The lowest BCUT2D eigenvalue weighted by Gasteiger charge is -2.34. The van der Waals surface area contributed by atoms with E-state index < -0.39 is 28.5 Å². The molecule has 0 bridgehead atoms. The fourth-order valence-electron chi connectivity index (χ4n) is 4.80. The highest BCUT2D eigenvalue weighted by atomic mass is 35.5. The number of carbonyl (C=O) groups is 2. The van der Waals surface area contributed by atoms with Crippen LogP contribution in [-0.4, -0.2) is 43.8 Å². The normalized spacial score (nSPS) is 12.6. The molecule has 4 aromatic carbocycles. The van der Waals surface area contributed by atoms with Gasteiger partial charge in [0.2, 0.25) is 11.8 Å². The van der Waals surface area contributed by atoms with E-state index in [2.05, 4.69) is 5.32 Å². The van der Waals surface area contributed by atoms with Gasteiger partial charge in [0.15, 0.2) is 0 Å². The second-order valence-electron chi connectivity index (χ2n) is 11.0. The van der Waals surface area contributed by atoms with Crippen LogP contribution < -0.4 is 9.62 Å². The fourth-order valence-corrected chi connectivity index (χ4v) is 6.68. The van der Waals surface area contributed by atoms with Gasteiger partial charge < -0.3 is 10.2 Å². The molecule has 0 aliphatic heterocycles. The smallest absolute Gasteiger partial charge is 0.264 e. The third-order valence-corrected chi connectivity index (χ3v) is 9.86. The molecule has 10 heteroatoms. The van der Waals surface area contributed by atoms with Crippen molar-refractivity contribution in [3.05, 3.63) is 130 Å². The van der Waals surface area contributed by atoms with Crippen LogP contribution in [0.1, 0.15) is 37.0 Å². The summed E-state index contributed by atoms with van der Waals surface area (Å²) in [7, 11) is -4.29. The predicted molar refractivity (Wildman–Crippen MR) is 181 cm³/mol. The maximum absolute atomic E-state index is 14.5. The average molecular weight is 667 g/mol. The number of rotatable bonds is 13. The zero-order chi connectivity index (χ0) is 32.6. The van der Waals surface area contributed by atoms with Crippen molar-refractivity contribution in [3.8, 4) is 0 Å². The van der Waals surface area contributed by atoms with Crippen molar-refractivity contribution in [1.82, 2.24) is 10.2 Å². The molecule has 0 saturated heterocycles. The number of nitrogens with zero attached hydrogens (tertiary/aromatic N) is 2. The first-order valence-corrected chi connectivity index (χ1v) is 16.9. The number of anilines is 1. The molecule has 4 rings (SSSR count). The summed E-state index contributed by atoms with van der Waals surface area (Å²) in [6, 6.07) is 28.3. The first-order chi connectivity index (χ1) is 21.5. The molecule has 45 heavy (non-hydrogen) atoms. The second-order valence-corrected chi connectivity index (χ2v) is 13.7. The lowest BCUT2D eigenvalue weighted by Crippen LogP contribution is -2.54. The molecule has 0 aliphatic rings. The lowest BCUT2D eigenvalue weighted by molar-refractivity contribution is -0.140. The molecule has 236 valence electrons. The molecule has 2 atom stereocenters. The van der Waals surface area contributed by atoms with Crippen molar-refractivity contribution in [3.63, 3.8) is 0 Å². The van der Waals surface area contributed by atoms with Gasteiger partial charge in [-0.25, -0.2) is 8.42 Å². The van der Waals surface area contributed by atoms with Gasteiger partial charge in [0.25, 0.3) is 10.0 Å². The largest absolute Gasteiger partial charge is 0.352 e. The summed E-state index contributed by atoms with van der Waals surface area (Å²) >= 11 is 12.8. The number of aryl methyl sites for hydroxylation is 1. The molecule has 0 saturated carbocycles. The molecular formula is C35H37Cl2N3O4S. The number of nitrogens with one attached hydrogen (secondary N) is 1. The van der Waals surface area contributed by atoms with Crippen LogP contribution in [0.2, 0.25) is 10.0 Å². The zero-order valence-corrected chi connectivity index (χ0v) is 27.8. The fraction of sp³-hybridized carbons (Fsp3) is 0.257. The number of sulfonamides is 1. The number of halogens is 2. The third kappa shape index (κ3) is 8.87. The predicted octanol–water partition coefficient (Wildman–Crippen LogP) is 7.05. The highest BCUT2D eigenvalue weighted by molar-refractivity contribution is 7.92. The first-order valence-electron chi connectivity index (χ1n) is 14.7. The standard InChI is InChI=1S/C35H37Cl2N3O4S/c1-4-26(3)38-35(42)33(21-27-11-7-5-8-12-27)39(23-28-17-15-25(2)16-18-28)34(41)24-40(32-22-29(36)19-20-31(32)37)45(43,44)30-13-9-6-10-14-30/h5-20,22,26,33H,4,21,23-24H2,1-3H3,(H,38,42). The monoisotopic (exact) mass is 665 g/mol. The Morgan fingerprint density at radius 3 is 2.09 bits per heavy atom. The Kier molecular flexibility index (Phi) is 11.7. The van der Waals surface area contributed by atoms with Crippen molar-refractivity contribution in [2.45, 2.75) is 57.1 Å². The Hall–Kier alpha value is -3.85. The summed E-state index contributed by atoms with van der Waals surface area (Å²) in [5, 5.41) is 3.39. The van der Waals surface area contributed by atoms with Gasteiger partial charge >= 0.3 is 0 Å². The first kappa shape index (κ1) is 34.0. The summed E-state index contributed by atoms with van der Waals surface area (Å²) < 4.78 is 29.2. The molecule has 0 fully saturated rings. The van der Waals surface area contributed by atoms with Gasteiger partial charge in [0.05, 0.1) is 15.6 Å². The van der Waals surface area contributed by atoms with Crippen LogP contribution in [-0.2, 0) is 32.6 Å². The van der Waals surface area contributed by atoms with Gasteiger partial charge in [-0.2, -0.15) is 0 Å². The topological polar surface area (TPSA) is 86.8 Å². The quantitative estimate of drug-likeness (QED) is 0.166. The highest BCUT2D eigenvalue weighted by Crippen LogP contribution is 2.33. The van der Waals surface area contributed by atoms with E-state index in [1.165, 1.54) is 29.2 Å². The summed E-state index contributed by atoms with van der Waals surface area (Å²) in [6.07, 6.45) is 0.927. The van der Waals surface area contributed by atoms with Crippen LogP contribution in [0.3, 0.4) is 0 Å². The number of benzene rings is 4. The summed E-state index contributed by atoms with van der Waals surface area (Å²) in [4.78, 5) is 29.9. The summed E-state index contributed by atoms with van der Waals surface area (Å²) in [5.41, 5.74) is 2.75. The van der Waals surface area contributed by atoms with E-state index in [1.54, 1.807) is 24.3 Å². The van der Waals surface area contributed by atoms with Crippen LogP contribution in [0.25, 0.3) is 0 Å². The van der Waals surface area contributed by atoms with E-state index in [-0.39, 0.29) is 45.5 Å². The van der Waals surface area contributed by atoms with Crippen molar-refractivity contribution < 1.29 is 18.0 Å². The second kappa shape index (κ2) is 15.4. The maximum Gasteiger partial charge on any atom is 0.264 e. The van der Waals surface area contributed by atoms with E-state index in [0.29, 0.717) is 6.42 Å². The molecule has 4 aromatic rings. The van der Waals surface area contributed by atoms with Crippen molar-refractivity contribution in [1.29, 1.82) is 0 Å². The van der Waals surface area contributed by atoms with Crippen molar-refractivity contribution in [2.24, 2.45) is 0 Å². The molecule has 0 aromatic heterocycles. The third-order valence-electron chi connectivity index (χ3n) is 7.53. The number of hydrogen-bond donors (Lipinski definition) is 1. The van der Waals surface area contributed by atoms with Gasteiger partial charge in [-0.05, 0) is 61.7 Å². The van der Waals surface area contributed by atoms with E-state index >= 15 is 0 Å². The minimum Gasteiger partial charge on any atom is -0.352 e. The SMILES string of the molecule is CCC(C)NC(=O)C(Cc1ccccc1)N(Cc1ccc(C)cc1)C(=O)CN(c1cc(Cl)ccc1Cl)S(=O)(=O)c1ccccc1. The zero-order valence-electron chi connectivity index (χ0n) is 25.5. The molecule has 0 aliphatic carbocycles. The number of hydrogen-bond acceptors (Lipinski definition) is 4. The molecule has 0 heterocycles. The van der Waals surface area contributed by atoms with Crippen LogP contribution in [0.5, 0.6) is 0 Å². The van der Waals surface area contributed by atoms with Crippen LogP contribution >= 0.6 is 23.2 Å². The molecule has 2 unspecified atom stereocenters.